The van der Waals surface area contributed by atoms with E-state index in [4.69, 9.17) is 4.99 Å². The number of hydrogen-bond acceptors (Lipinski definition) is 6. The third kappa shape index (κ3) is 7.53. The Bertz CT molecular complexity index is 1190. The van der Waals surface area contributed by atoms with Gasteiger partial charge in [-0.25, -0.2) is 4.99 Å². The molecule has 0 aliphatic heterocycles. The van der Waals surface area contributed by atoms with Crippen LogP contribution in [0.5, 0.6) is 0 Å². The van der Waals surface area contributed by atoms with Crippen molar-refractivity contribution in [3.63, 3.8) is 0 Å². The number of hydrogen-bond donors (Lipinski definition) is 2. The number of ketones is 1. The number of anilines is 3. The molecule has 0 heterocycles. The van der Waals surface area contributed by atoms with Crippen molar-refractivity contribution in [3.8, 4) is 0 Å². The normalized spacial score (nSPS) is 14.8. The molecule has 0 fully saturated rings. The molecule has 2 aromatic rings. The number of nitrogens with one attached hydrogen (secondary N) is 1. The Balaban J connectivity index is 1.98. The molecule has 0 amide bonds. The van der Waals surface area contributed by atoms with Gasteiger partial charge in [0.05, 0.1) is 11.4 Å². The van der Waals surface area contributed by atoms with Crippen molar-refractivity contribution < 1.29 is 9.90 Å². The van der Waals surface area contributed by atoms with Crippen molar-refractivity contribution in [2.45, 2.75) is 86.2 Å². The number of benzene rings is 2. The lowest BCUT2D eigenvalue weighted by Crippen LogP contribution is -2.30. The number of carbonyl (C=O) groups excluding carboxylic acids is 1. The highest BCUT2D eigenvalue weighted by atomic mass is 16.3. The zero-order chi connectivity index (χ0) is 28.5. The summed E-state index contributed by atoms with van der Waals surface area (Å²) in [6.45, 7) is 17.0. The molecule has 3 rings (SSSR count). The van der Waals surface area contributed by atoms with Crippen molar-refractivity contribution in [3.05, 3.63) is 71.6 Å². The first-order chi connectivity index (χ1) is 18.7. The highest BCUT2D eigenvalue weighted by Crippen LogP contribution is 2.30. The van der Waals surface area contributed by atoms with Gasteiger partial charge >= 0.3 is 0 Å². The van der Waals surface area contributed by atoms with Gasteiger partial charge in [-0.1, -0.05) is 19.8 Å². The number of aliphatic imine (C=N–C) groups is 1. The predicted octanol–water partition coefficient (Wildman–Crippen LogP) is 8.20. The molecule has 2 aromatic carbocycles. The highest BCUT2D eigenvalue weighted by molar-refractivity contribution is 6.51. The van der Waals surface area contributed by atoms with Crippen molar-refractivity contribution in [1.82, 2.24) is 0 Å². The molecule has 6 nitrogen and oxygen atoms in total. The molecule has 1 aliphatic rings. The van der Waals surface area contributed by atoms with E-state index in [1.165, 1.54) is 6.08 Å². The van der Waals surface area contributed by atoms with Crippen LogP contribution >= 0.6 is 0 Å². The molecule has 0 bridgehead atoms. The van der Waals surface area contributed by atoms with Crippen LogP contribution in [-0.4, -0.2) is 41.8 Å². The SMILES string of the molecule is CCCCCC1=C(Nc2ccc(N(CC)C(C)C)cc2)C(O)=CC(=O)C1=Nc1ccc(N(CC)C(C)C)cc1. The van der Waals surface area contributed by atoms with Crippen LogP contribution in [0, 0.1) is 0 Å². The van der Waals surface area contributed by atoms with Crippen molar-refractivity contribution in [2.75, 3.05) is 28.2 Å². The smallest absolute Gasteiger partial charge is 0.208 e. The second-order valence-electron chi connectivity index (χ2n) is 10.6. The second-order valence-corrected chi connectivity index (χ2v) is 10.6. The molecule has 0 aromatic heterocycles. The quantitative estimate of drug-likeness (QED) is 0.202. The number of unbranched alkanes of at least 4 members (excludes halogenated alkanes) is 2. The van der Waals surface area contributed by atoms with Crippen molar-refractivity contribution in [1.29, 1.82) is 0 Å². The fraction of sp³-hybridized carbons (Fsp3) is 0.455. The minimum atomic E-state index is -0.267. The van der Waals surface area contributed by atoms with Gasteiger partial charge in [-0.3, -0.25) is 4.79 Å². The van der Waals surface area contributed by atoms with E-state index in [0.717, 1.165) is 60.7 Å². The van der Waals surface area contributed by atoms with Crippen LogP contribution in [-0.2, 0) is 4.79 Å². The van der Waals surface area contributed by atoms with E-state index >= 15 is 0 Å². The van der Waals surface area contributed by atoms with Gasteiger partial charge in [0.15, 0.2) is 0 Å². The maximum Gasteiger partial charge on any atom is 0.208 e. The Kier molecular flexibility index (Phi) is 10.8. The Labute approximate surface area is 235 Å². The van der Waals surface area contributed by atoms with Crippen LogP contribution in [0.15, 0.2) is 76.6 Å². The van der Waals surface area contributed by atoms with Gasteiger partial charge in [0, 0.05) is 53.9 Å². The van der Waals surface area contributed by atoms with Crippen molar-refractivity contribution in [2.24, 2.45) is 4.99 Å². The van der Waals surface area contributed by atoms with Crippen LogP contribution in [0.3, 0.4) is 0 Å². The monoisotopic (exact) mass is 530 g/mol. The predicted molar refractivity (Wildman–Crippen MR) is 167 cm³/mol. The number of rotatable bonds is 13. The Morgan fingerprint density at radius 2 is 1.36 bits per heavy atom. The number of allylic oxidation sites excluding steroid dienone is 2. The lowest BCUT2D eigenvalue weighted by atomic mass is 9.92. The van der Waals surface area contributed by atoms with E-state index in [-0.39, 0.29) is 11.5 Å². The van der Waals surface area contributed by atoms with Gasteiger partial charge in [0.1, 0.15) is 11.5 Å². The summed E-state index contributed by atoms with van der Waals surface area (Å²) in [6.07, 6.45) is 4.95. The third-order valence-corrected chi connectivity index (χ3v) is 7.19. The third-order valence-electron chi connectivity index (χ3n) is 7.19. The lowest BCUT2D eigenvalue weighted by Gasteiger charge is -2.28. The van der Waals surface area contributed by atoms with Crippen LogP contribution in [0.25, 0.3) is 0 Å². The summed E-state index contributed by atoms with van der Waals surface area (Å²) in [5.41, 5.74) is 5.57. The summed E-state index contributed by atoms with van der Waals surface area (Å²) in [6, 6.07) is 17.0. The van der Waals surface area contributed by atoms with E-state index in [1.54, 1.807) is 0 Å². The first-order valence-corrected chi connectivity index (χ1v) is 14.5. The fourth-order valence-electron chi connectivity index (χ4n) is 5.16. The topological polar surface area (TPSA) is 68.2 Å². The number of aliphatic hydroxyl groups is 1. The zero-order valence-electron chi connectivity index (χ0n) is 24.8. The number of carbonyl (C=O) groups is 1. The standard InChI is InChI=1S/C33H46N4O2/c1-8-11-12-13-29-32(34-25-14-18-27(19-15-25)36(9-2)23(4)5)30(38)22-31(39)33(29)35-26-16-20-28(21-17-26)37(10-3)24(6)7/h14-24,34,38H,8-13H2,1-7H3. The molecule has 1 aliphatic carbocycles. The Morgan fingerprint density at radius 1 is 0.821 bits per heavy atom. The molecule has 210 valence electrons. The van der Waals surface area contributed by atoms with E-state index in [0.29, 0.717) is 29.9 Å². The molecule has 0 atom stereocenters. The van der Waals surface area contributed by atoms with Crippen LogP contribution in [0.1, 0.15) is 74.1 Å². The van der Waals surface area contributed by atoms with Gasteiger partial charge in [-0.05, 0) is 103 Å². The molecule has 39 heavy (non-hydrogen) atoms. The number of aliphatic hydroxyl groups excluding tert-OH is 1. The van der Waals surface area contributed by atoms with Crippen LogP contribution < -0.4 is 15.1 Å². The summed E-state index contributed by atoms with van der Waals surface area (Å²) in [5, 5.41) is 14.3. The van der Waals surface area contributed by atoms with Gasteiger partial charge in [-0.15, -0.1) is 0 Å². The van der Waals surface area contributed by atoms with E-state index in [9.17, 15) is 9.90 Å². The molecule has 0 unspecified atom stereocenters. The molecule has 0 radical (unpaired) electrons. The van der Waals surface area contributed by atoms with Crippen LogP contribution in [0.4, 0.5) is 22.7 Å². The molecule has 0 saturated carbocycles. The number of nitrogens with zero attached hydrogens (tertiary/aromatic N) is 3. The Morgan fingerprint density at radius 3 is 1.85 bits per heavy atom. The first-order valence-electron chi connectivity index (χ1n) is 14.5. The zero-order valence-corrected chi connectivity index (χ0v) is 24.8. The van der Waals surface area contributed by atoms with E-state index < -0.39 is 0 Å². The minimum Gasteiger partial charge on any atom is -0.506 e. The molecule has 6 heteroatoms. The van der Waals surface area contributed by atoms with E-state index in [2.05, 4.69) is 87.8 Å². The van der Waals surface area contributed by atoms with E-state index in [1.807, 2.05) is 24.3 Å². The fourth-order valence-corrected chi connectivity index (χ4v) is 5.16. The summed E-state index contributed by atoms with van der Waals surface area (Å²) in [7, 11) is 0. The molecule has 2 N–H and O–H groups in total. The Hall–Kier alpha value is -3.54. The minimum absolute atomic E-state index is 0.0437. The van der Waals surface area contributed by atoms with Gasteiger partial charge in [-0.2, -0.15) is 0 Å². The molecule has 0 saturated heterocycles. The van der Waals surface area contributed by atoms with Gasteiger partial charge in [0.25, 0.3) is 0 Å². The highest BCUT2D eigenvalue weighted by Gasteiger charge is 2.27. The maximum atomic E-state index is 13.1. The average Bonchev–Trinajstić information content (AvgIpc) is 2.90. The lowest BCUT2D eigenvalue weighted by molar-refractivity contribution is -0.109. The summed E-state index contributed by atoms with van der Waals surface area (Å²) in [5.74, 6) is -0.311. The van der Waals surface area contributed by atoms with Crippen LogP contribution in [0.2, 0.25) is 0 Å². The maximum absolute atomic E-state index is 13.1. The molecule has 0 spiro atoms. The average molecular weight is 531 g/mol. The van der Waals surface area contributed by atoms with Gasteiger partial charge < -0.3 is 20.2 Å². The first kappa shape index (κ1) is 30.0. The summed E-state index contributed by atoms with van der Waals surface area (Å²) < 4.78 is 0. The van der Waals surface area contributed by atoms with Gasteiger partial charge in [0.2, 0.25) is 5.78 Å². The largest absolute Gasteiger partial charge is 0.506 e. The summed E-state index contributed by atoms with van der Waals surface area (Å²) in [4.78, 5) is 22.6. The second kappa shape index (κ2) is 14.0. The summed E-state index contributed by atoms with van der Waals surface area (Å²) >= 11 is 0. The molecular weight excluding hydrogens is 484 g/mol. The van der Waals surface area contributed by atoms with Crippen molar-refractivity contribution >= 4 is 34.2 Å². The molecular formula is C33H46N4O2.